The average Bonchev–Trinajstić information content (AvgIpc) is 3.21. The van der Waals surface area contributed by atoms with Crippen LogP contribution >= 0.6 is 0 Å². The monoisotopic (exact) mass is 459 g/mol. The maximum Gasteiger partial charge on any atom is 0.407 e. The Bertz CT molecular complexity index is 1120. The van der Waals surface area contributed by atoms with Crippen molar-refractivity contribution in [2.24, 2.45) is 5.92 Å². The molecule has 1 unspecified atom stereocenters. The van der Waals surface area contributed by atoms with Crippen molar-refractivity contribution in [3.8, 4) is 5.75 Å². The van der Waals surface area contributed by atoms with Crippen LogP contribution in [0.2, 0.25) is 0 Å². The number of aromatic nitrogens is 1. The average molecular weight is 460 g/mol. The molecule has 0 aliphatic carbocycles. The van der Waals surface area contributed by atoms with Gasteiger partial charge in [-0.25, -0.2) is 9.59 Å². The fraction of sp³-hybridized carbons (Fsp3) is 0.542. The van der Waals surface area contributed by atoms with Crippen LogP contribution in [0.5, 0.6) is 5.75 Å². The summed E-state index contributed by atoms with van der Waals surface area (Å²) in [6, 6.07) is 3.40. The number of aryl methyl sites for hydroxylation is 1. The van der Waals surface area contributed by atoms with Gasteiger partial charge in [-0.1, -0.05) is 0 Å². The molecule has 0 saturated carbocycles. The maximum absolute atomic E-state index is 12.8. The zero-order valence-corrected chi connectivity index (χ0v) is 20.1. The van der Waals surface area contributed by atoms with E-state index in [1.54, 1.807) is 17.7 Å². The molecule has 9 heteroatoms. The largest absolute Gasteiger partial charge is 0.492 e. The Morgan fingerprint density at radius 3 is 2.58 bits per heavy atom. The highest BCUT2D eigenvalue weighted by atomic mass is 16.6. The first kappa shape index (κ1) is 24.4. The van der Waals surface area contributed by atoms with Crippen LogP contribution in [0.4, 0.5) is 10.5 Å². The summed E-state index contributed by atoms with van der Waals surface area (Å²) in [7, 11) is 1.55. The number of pyridine rings is 1. The van der Waals surface area contributed by atoms with Gasteiger partial charge < -0.3 is 29.4 Å². The molecule has 1 aromatic carbocycles. The van der Waals surface area contributed by atoms with Crippen molar-refractivity contribution in [3.63, 3.8) is 0 Å². The molecule has 2 atom stereocenters. The molecule has 1 saturated heterocycles. The lowest BCUT2D eigenvalue weighted by Gasteiger charge is -2.26. The second-order valence-electron chi connectivity index (χ2n) is 9.41. The number of nitrogens with one attached hydrogen (secondary N) is 1. The number of alkyl carbamates (subject to hydrolysis) is 1. The Morgan fingerprint density at radius 1 is 1.30 bits per heavy atom. The van der Waals surface area contributed by atoms with E-state index in [0.29, 0.717) is 29.7 Å². The number of carbonyl (C=O) groups is 2. The van der Waals surface area contributed by atoms with Gasteiger partial charge in [0.1, 0.15) is 11.2 Å². The van der Waals surface area contributed by atoms with Crippen LogP contribution in [-0.2, 0) is 11.3 Å². The number of benzene rings is 1. The van der Waals surface area contributed by atoms with Gasteiger partial charge >= 0.3 is 12.1 Å². The third-order valence-electron chi connectivity index (χ3n) is 5.96. The summed E-state index contributed by atoms with van der Waals surface area (Å²) >= 11 is 0. The molecule has 0 bridgehead atoms. The highest BCUT2D eigenvalue weighted by molar-refractivity contribution is 5.96. The van der Waals surface area contributed by atoms with Crippen LogP contribution in [0.15, 0.2) is 23.1 Å². The van der Waals surface area contributed by atoms with Crippen LogP contribution in [0, 0.1) is 5.92 Å². The summed E-state index contributed by atoms with van der Waals surface area (Å²) in [5, 5.41) is 12.7. The van der Waals surface area contributed by atoms with Crippen molar-refractivity contribution < 1.29 is 24.2 Å². The first-order valence-corrected chi connectivity index (χ1v) is 11.2. The molecule has 9 nitrogen and oxygen atoms in total. The van der Waals surface area contributed by atoms with E-state index >= 15 is 0 Å². The number of carbonyl (C=O) groups excluding carboxylic acids is 1. The topological polar surface area (TPSA) is 110 Å². The Morgan fingerprint density at radius 2 is 2.00 bits per heavy atom. The molecular weight excluding hydrogens is 426 g/mol. The fourth-order valence-corrected chi connectivity index (χ4v) is 4.33. The molecule has 3 rings (SSSR count). The molecule has 33 heavy (non-hydrogen) atoms. The summed E-state index contributed by atoms with van der Waals surface area (Å²) in [4.78, 5) is 38.6. The molecule has 1 aromatic heterocycles. The van der Waals surface area contributed by atoms with E-state index in [9.17, 15) is 19.5 Å². The van der Waals surface area contributed by atoms with Crippen LogP contribution in [0.1, 0.15) is 51.4 Å². The molecule has 1 aliphatic heterocycles. The number of rotatable bonds is 6. The minimum atomic E-state index is -1.25. The second kappa shape index (κ2) is 9.33. The quantitative estimate of drug-likeness (QED) is 0.681. The molecule has 180 valence electrons. The number of carboxylic acid groups (broad SMARTS) is 1. The Balaban J connectivity index is 1.90. The van der Waals surface area contributed by atoms with Gasteiger partial charge in [-0.3, -0.25) is 4.79 Å². The highest BCUT2D eigenvalue weighted by Crippen LogP contribution is 2.38. The molecule has 0 spiro atoms. The van der Waals surface area contributed by atoms with Gasteiger partial charge in [-0.05, 0) is 59.1 Å². The van der Waals surface area contributed by atoms with E-state index in [4.69, 9.17) is 9.47 Å². The number of amides is 1. The fourth-order valence-electron chi connectivity index (χ4n) is 4.33. The van der Waals surface area contributed by atoms with Crippen LogP contribution in [0.25, 0.3) is 10.9 Å². The maximum atomic E-state index is 12.8. The molecule has 2 aromatic rings. The summed E-state index contributed by atoms with van der Waals surface area (Å²) in [5.41, 5.74) is 0.0704. The minimum Gasteiger partial charge on any atom is -0.492 e. The number of anilines is 1. The van der Waals surface area contributed by atoms with Gasteiger partial charge in [0.25, 0.3) is 0 Å². The molecule has 1 aliphatic rings. The number of nitrogens with zero attached hydrogens (tertiary/aromatic N) is 2. The molecule has 1 amide bonds. The standard InChI is InChI=1S/C24H33N3O6/c1-7-26-13-17(22(29)30)20(28)16-8-9-18(21(32-6)19(16)26)27-11-10-15(12-27)14(2)25-23(31)33-24(3,4)5/h8-9,13-15H,7,10-12H2,1-6H3,(H,25,31)(H,29,30)/t14-,15?/m0/s1. The number of carboxylic acids is 1. The molecule has 0 radical (unpaired) electrons. The van der Waals surface area contributed by atoms with Gasteiger partial charge in [0.15, 0.2) is 5.75 Å². The van der Waals surface area contributed by atoms with E-state index in [1.807, 2.05) is 40.7 Å². The lowest BCUT2D eigenvalue weighted by molar-refractivity contribution is 0.0494. The van der Waals surface area contributed by atoms with Crippen molar-refractivity contribution >= 4 is 28.7 Å². The first-order chi connectivity index (χ1) is 15.5. The summed E-state index contributed by atoms with van der Waals surface area (Å²) in [6.07, 6.45) is 1.81. The third kappa shape index (κ3) is 5.07. The molecule has 2 heterocycles. The van der Waals surface area contributed by atoms with Gasteiger partial charge in [-0.2, -0.15) is 0 Å². The smallest absolute Gasteiger partial charge is 0.407 e. The SMILES string of the molecule is CCn1cc(C(=O)O)c(=O)c2ccc(N3CCC([C@H](C)NC(=O)OC(C)(C)C)C3)c(OC)c21. The van der Waals surface area contributed by atoms with E-state index in [2.05, 4.69) is 10.2 Å². The number of hydrogen-bond donors (Lipinski definition) is 2. The Kier molecular flexibility index (Phi) is 6.90. The zero-order chi connectivity index (χ0) is 24.5. The molecular formula is C24H33N3O6. The van der Waals surface area contributed by atoms with Crippen LogP contribution in [0.3, 0.4) is 0 Å². The van der Waals surface area contributed by atoms with Crippen LogP contribution < -0.4 is 20.4 Å². The molecule has 1 fully saturated rings. The van der Waals surface area contributed by atoms with Gasteiger partial charge in [0.05, 0.1) is 23.7 Å². The highest BCUT2D eigenvalue weighted by Gasteiger charge is 2.31. The number of hydrogen-bond acceptors (Lipinski definition) is 6. The van der Waals surface area contributed by atoms with Gasteiger partial charge in [-0.15, -0.1) is 0 Å². The van der Waals surface area contributed by atoms with Crippen molar-refractivity contribution in [2.45, 2.75) is 59.2 Å². The lowest BCUT2D eigenvalue weighted by atomic mass is 10.0. The number of methoxy groups -OCH3 is 1. The number of aromatic carboxylic acids is 1. The van der Waals surface area contributed by atoms with E-state index in [0.717, 1.165) is 18.7 Å². The summed E-state index contributed by atoms with van der Waals surface area (Å²) in [6.45, 7) is 11.3. The van der Waals surface area contributed by atoms with Crippen molar-refractivity contribution in [2.75, 3.05) is 25.1 Å². The first-order valence-electron chi connectivity index (χ1n) is 11.2. The predicted molar refractivity (Wildman–Crippen MR) is 127 cm³/mol. The Hall–Kier alpha value is -3.23. The number of fused-ring (bicyclic) bond motifs is 1. The predicted octanol–water partition coefficient (Wildman–Crippen LogP) is 3.47. The Labute approximate surface area is 193 Å². The summed E-state index contributed by atoms with van der Waals surface area (Å²) < 4.78 is 12.9. The van der Waals surface area contributed by atoms with E-state index in [-0.39, 0.29) is 17.5 Å². The van der Waals surface area contributed by atoms with Gasteiger partial charge in [0.2, 0.25) is 5.43 Å². The van der Waals surface area contributed by atoms with Crippen LogP contribution in [-0.4, -0.2) is 53.6 Å². The molecule has 2 N–H and O–H groups in total. The van der Waals surface area contributed by atoms with Crippen molar-refractivity contribution in [1.82, 2.24) is 9.88 Å². The van der Waals surface area contributed by atoms with E-state index in [1.165, 1.54) is 6.20 Å². The minimum absolute atomic E-state index is 0.0803. The summed E-state index contributed by atoms with van der Waals surface area (Å²) in [5.74, 6) is -0.501. The third-order valence-corrected chi connectivity index (χ3v) is 5.96. The lowest BCUT2D eigenvalue weighted by Crippen LogP contribution is -2.42. The number of ether oxygens (including phenoxy) is 2. The van der Waals surface area contributed by atoms with Crippen molar-refractivity contribution in [3.05, 3.63) is 34.1 Å². The normalized spacial score (nSPS) is 17.2. The van der Waals surface area contributed by atoms with Crippen molar-refractivity contribution in [1.29, 1.82) is 0 Å². The zero-order valence-electron chi connectivity index (χ0n) is 20.1. The van der Waals surface area contributed by atoms with Gasteiger partial charge in [0, 0.05) is 31.9 Å². The second-order valence-corrected chi connectivity index (χ2v) is 9.41. The van der Waals surface area contributed by atoms with E-state index < -0.39 is 23.1 Å².